The van der Waals surface area contributed by atoms with Gasteiger partial charge >= 0.3 is 0 Å². The third kappa shape index (κ3) is 2.20. The van der Waals surface area contributed by atoms with Crippen LogP contribution in [0.5, 0.6) is 0 Å². The molecule has 1 aromatic rings. The van der Waals surface area contributed by atoms with Crippen molar-refractivity contribution >= 4 is 54.9 Å². The SMILES string of the molecule is S=C=Nc1cccc(Br)c1Br. The standard InChI is InChI=1S/C7H3Br2NS/c8-5-2-1-3-6(7(5)9)10-4-11/h1-3H. The number of isothiocyanates is 1. The average Bonchev–Trinajstić information content (AvgIpc) is 1.99. The largest absolute Gasteiger partial charge is 0.193 e. The van der Waals surface area contributed by atoms with Crippen LogP contribution in [0.15, 0.2) is 32.1 Å². The van der Waals surface area contributed by atoms with Crippen molar-refractivity contribution in [3.05, 3.63) is 27.1 Å². The number of nitrogens with zero attached hydrogens (tertiary/aromatic N) is 1. The number of hydrogen-bond donors (Lipinski definition) is 0. The van der Waals surface area contributed by atoms with Crippen molar-refractivity contribution < 1.29 is 0 Å². The van der Waals surface area contributed by atoms with Gasteiger partial charge in [-0.05, 0) is 56.2 Å². The first kappa shape index (κ1) is 9.07. The zero-order chi connectivity index (χ0) is 8.27. The van der Waals surface area contributed by atoms with Gasteiger partial charge in [0.2, 0.25) is 0 Å². The molecule has 0 aromatic heterocycles. The zero-order valence-corrected chi connectivity index (χ0v) is 9.33. The maximum atomic E-state index is 4.48. The van der Waals surface area contributed by atoms with Crippen molar-refractivity contribution in [2.75, 3.05) is 0 Å². The monoisotopic (exact) mass is 291 g/mol. The molecule has 0 amide bonds. The fraction of sp³-hybridized carbons (Fsp3) is 0. The molecule has 0 aliphatic rings. The first-order chi connectivity index (χ1) is 5.25. The quantitative estimate of drug-likeness (QED) is 0.564. The Morgan fingerprint density at radius 3 is 2.73 bits per heavy atom. The van der Waals surface area contributed by atoms with Gasteiger partial charge in [-0.3, -0.25) is 0 Å². The van der Waals surface area contributed by atoms with Gasteiger partial charge in [-0.2, -0.15) is 4.99 Å². The number of thiocarbonyl (C=S) groups is 1. The molecule has 0 bridgehead atoms. The first-order valence-corrected chi connectivity index (χ1v) is 4.77. The highest BCUT2D eigenvalue weighted by Gasteiger charge is 1.99. The van der Waals surface area contributed by atoms with Crippen LogP contribution in [-0.4, -0.2) is 5.16 Å². The minimum atomic E-state index is 0.786. The maximum Gasteiger partial charge on any atom is 0.0892 e. The van der Waals surface area contributed by atoms with Crippen molar-refractivity contribution in [3.63, 3.8) is 0 Å². The van der Waals surface area contributed by atoms with Crippen molar-refractivity contribution in [2.24, 2.45) is 4.99 Å². The van der Waals surface area contributed by atoms with Gasteiger partial charge in [0.05, 0.1) is 15.3 Å². The Hall–Kier alpha value is -0.0200. The molecular weight excluding hydrogens is 290 g/mol. The molecule has 0 N–H and O–H groups in total. The lowest BCUT2D eigenvalue weighted by Gasteiger charge is -1.97. The van der Waals surface area contributed by atoms with E-state index in [9.17, 15) is 0 Å². The summed E-state index contributed by atoms with van der Waals surface area (Å²) in [6.07, 6.45) is 0. The van der Waals surface area contributed by atoms with E-state index in [1.54, 1.807) is 0 Å². The summed E-state index contributed by atoms with van der Waals surface area (Å²) < 4.78 is 1.86. The van der Waals surface area contributed by atoms with E-state index >= 15 is 0 Å². The molecule has 56 valence electrons. The van der Waals surface area contributed by atoms with Gasteiger partial charge in [-0.15, -0.1) is 0 Å². The highest BCUT2D eigenvalue weighted by molar-refractivity contribution is 9.13. The molecule has 1 rings (SSSR count). The predicted molar refractivity (Wildman–Crippen MR) is 56.5 cm³/mol. The summed E-state index contributed by atoms with van der Waals surface area (Å²) in [7, 11) is 0. The minimum absolute atomic E-state index is 0.786. The lowest BCUT2D eigenvalue weighted by molar-refractivity contribution is 1.49. The molecule has 0 saturated carbocycles. The normalized spacial score (nSPS) is 8.91. The van der Waals surface area contributed by atoms with E-state index in [2.05, 4.69) is 54.2 Å². The lowest BCUT2D eigenvalue weighted by atomic mass is 10.3. The maximum absolute atomic E-state index is 4.48. The zero-order valence-electron chi connectivity index (χ0n) is 5.34. The second kappa shape index (κ2) is 4.12. The van der Waals surface area contributed by atoms with E-state index < -0.39 is 0 Å². The van der Waals surface area contributed by atoms with Crippen LogP contribution in [0.25, 0.3) is 0 Å². The van der Waals surface area contributed by atoms with Crippen molar-refractivity contribution in [1.82, 2.24) is 0 Å². The van der Waals surface area contributed by atoms with Gasteiger partial charge in [0.15, 0.2) is 0 Å². The fourth-order valence-electron chi connectivity index (χ4n) is 0.628. The first-order valence-electron chi connectivity index (χ1n) is 2.77. The van der Waals surface area contributed by atoms with Crippen LogP contribution in [0.2, 0.25) is 0 Å². The van der Waals surface area contributed by atoms with Gasteiger partial charge in [0, 0.05) is 4.47 Å². The minimum Gasteiger partial charge on any atom is -0.193 e. The number of rotatable bonds is 1. The van der Waals surface area contributed by atoms with Gasteiger partial charge in [0.25, 0.3) is 0 Å². The van der Waals surface area contributed by atoms with Crippen molar-refractivity contribution in [2.45, 2.75) is 0 Å². The van der Waals surface area contributed by atoms with Gasteiger partial charge in [-0.1, -0.05) is 6.07 Å². The summed E-state index contributed by atoms with van der Waals surface area (Å²) in [5, 5.41) is 2.31. The molecule has 0 atom stereocenters. The second-order valence-corrected chi connectivity index (χ2v) is 3.61. The topological polar surface area (TPSA) is 12.4 Å². The van der Waals surface area contributed by atoms with E-state index in [-0.39, 0.29) is 0 Å². The van der Waals surface area contributed by atoms with Gasteiger partial charge < -0.3 is 0 Å². The lowest BCUT2D eigenvalue weighted by Crippen LogP contribution is -1.69. The molecule has 11 heavy (non-hydrogen) atoms. The Morgan fingerprint density at radius 1 is 1.36 bits per heavy atom. The van der Waals surface area contributed by atoms with E-state index in [0.717, 1.165) is 14.6 Å². The number of benzene rings is 1. The number of hydrogen-bond acceptors (Lipinski definition) is 2. The Labute approximate surface area is 86.8 Å². The summed E-state index contributed by atoms with van der Waals surface area (Å²) in [4.78, 5) is 3.85. The number of halogens is 2. The Kier molecular flexibility index (Phi) is 3.40. The molecule has 4 heteroatoms. The third-order valence-corrected chi connectivity index (χ3v) is 3.21. The molecule has 0 fully saturated rings. The second-order valence-electron chi connectivity index (χ2n) is 1.78. The third-order valence-electron chi connectivity index (χ3n) is 1.10. The Bertz CT molecular complexity index is 318. The summed E-state index contributed by atoms with van der Waals surface area (Å²) in [5.41, 5.74) is 0.786. The molecule has 0 spiro atoms. The predicted octanol–water partition coefficient (Wildman–Crippen LogP) is 3.95. The van der Waals surface area contributed by atoms with Crippen molar-refractivity contribution in [3.8, 4) is 0 Å². The molecule has 0 aliphatic carbocycles. The average molecular weight is 293 g/mol. The van der Waals surface area contributed by atoms with Crippen LogP contribution in [0.1, 0.15) is 0 Å². The van der Waals surface area contributed by atoms with Crippen LogP contribution < -0.4 is 0 Å². The molecule has 0 saturated heterocycles. The smallest absolute Gasteiger partial charge is 0.0892 e. The van der Waals surface area contributed by atoms with Crippen LogP contribution >= 0.6 is 44.1 Å². The van der Waals surface area contributed by atoms with Crippen LogP contribution in [0.3, 0.4) is 0 Å². The van der Waals surface area contributed by atoms with Crippen LogP contribution in [0.4, 0.5) is 5.69 Å². The number of aliphatic imine (C=N–C) groups is 1. The highest BCUT2D eigenvalue weighted by Crippen LogP contribution is 2.31. The molecular formula is C7H3Br2NS. The Morgan fingerprint density at radius 2 is 2.09 bits per heavy atom. The summed E-state index contributed by atoms with van der Waals surface area (Å²) in [6, 6.07) is 5.67. The molecule has 0 radical (unpaired) electrons. The summed E-state index contributed by atoms with van der Waals surface area (Å²) >= 11 is 11.2. The molecule has 0 unspecified atom stereocenters. The Balaban J connectivity index is 3.26. The molecule has 0 aliphatic heterocycles. The fourth-order valence-corrected chi connectivity index (χ4v) is 1.44. The van der Waals surface area contributed by atoms with Gasteiger partial charge in [0.1, 0.15) is 0 Å². The van der Waals surface area contributed by atoms with Gasteiger partial charge in [-0.25, -0.2) is 0 Å². The van der Waals surface area contributed by atoms with E-state index in [0.29, 0.717) is 0 Å². The van der Waals surface area contributed by atoms with E-state index in [1.807, 2.05) is 18.2 Å². The van der Waals surface area contributed by atoms with E-state index in [1.165, 1.54) is 0 Å². The van der Waals surface area contributed by atoms with Crippen molar-refractivity contribution in [1.29, 1.82) is 0 Å². The molecule has 0 heterocycles. The van der Waals surface area contributed by atoms with Crippen LogP contribution in [-0.2, 0) is 0 Å². The van der Waals surface area contributed by atoms with E-state index in [4.69, 9.17) is 0 Å². The molecule has 1 aromatic carbocycles. The summed E-state index contributed by atoms with van der Waals surface area (Å²) in [6.45, 7) is 0. The molecule has 1 nitrogen and oxygen atoms in total. The summed E-state index contributed by atoms with van der Waals surface area (Å²) in [5.74, 6) is 0. The highest BCUT2D eigenvalue weighted by atomic mass is 79.9. The van der Waals surface area contributed by atoms with Crippen LogP contribution in [0, 0.1) is 0 Å².